The van der Waals surface area contributed by atoms with Crippen LogP contribution in [0.25, 0.3) is 0 Å². The van der Waals surface area contributed by atoms with Crippen molar-refractivity contribution in [3.05, 3.63) is 27.6 Å². The number of anilines is 1. The number of nitrogen functional groups attached to an aromatic ring is 1. The highest BCUT2D eigenvalue weighted by atomic mass is 127. The Kier molecular flexibility index (Phi) is 3.17. The maximum Gasteiger partial charge on any atom is 0.196 e. The summed E-state index contributed by atoms with van der Waals surface area (Å²) in [6.07, 6.45) is 5.05. The zero-order valence-corrected chi connectivity index (χ0v) is 13.9. The first-order valence-corrected chi connectivity index (χ1v) is 8.79. The molecule has 1 aromatic carbocycles. The predicted molar refractivity (Wildman–Crippen MR) is 88.0 cm³/mol. The van der Waals surface area contributed by atoms with E-state index in [0.717, 1.165) is 19.3 Å². The molecule has 104 valence electrons. The third-order valence-electron chi connectivity index (χ3n) is 3.72. The first-order chi connectivity index (χ1) is 9.72. The zero-order chi connectivity index (χ0) is 13.7. The Labute approximate surface area is 135 Å². The molecule has 2 saturated carbocycles. The van der Waals surface area contributed by atoms with E-state index in [-0.39, 0.29) is 0 Å². The Bertz CT molecular complexity index is 661. The molecule has 2 aliphatic carbocycles. The number of rotatable bonds is 4. The maximum absolute atomic E-state index is 6.11. The second kappa shape index (κ2) is 4.91. The van der Waals surface area contributed by atoms with Crippen molar-refractivity contribution in [2.24, 2.45) is 0 Å². The summed E-state index contributed by atoms with van der Waals surface area (Å²) < 4.78 is 3.52. The lowest BCUT2D eigenvalue weighted by Crippen LogP contribution is -2.02. The Morgan fingerprint density at radius 3 is 2.65 bits per heavy atom. The minimum Gasteiger partial charge on any atom is -0.398 e. The topological polar surface area (TPSA) is 56.7 Å². The highest BCUT2D eigenvalue weighted by Crippen LogP contribution is 2.47. The van der Waals surface area contributed by atoms with Crippen LogP contribution in [0.3, 0.4) is 0 Å². The Hall–Kier alpha value is -0.760. The molecular weight excluding hydrogens is 383 g/mol. The third kappa shape index (κ3) is 2.43. The normalized spacial score (nSPS) is 18.4. The van der Waals surface area contributed by atoms with Crippen LogP contribution in [0.15, 0.2) is 28.3 Å². The fraction of sp³-hybridized carbons (Fsp3) is 0.429. The van der Waals surface area contributed by atoms with E-state index < -0.39 is 0 Å². The molecule has 0 aliphatic heterocycles. The van der Waals surface area contributed by atoms with Gasteiger partial charge in [0.05, 0.1) is 0 Å². The molecule has 0 atom stereocenters. The van der Waals surface area contributed by atoms with Gasteiger partial charge in [0.15, 0.2) is 5.16 Å². The Morgan fingerprint density at radius 1 is 1.20 bits per heavy atom. The van der Waals surface area contributed by atoms with Crippen LogP contribution in [-0.4, -0.2) is 14.8 Å². The van der Waals surface area contributed by atoms with Gasteiger partial charge in [-0.2, -0.15) is 0 Å². The maximum atomic E-state index is 6.11. The van der Waals surface area contributed by atoms with Gasteiger partial charge < -0.3 is 10.3 Å². The molecule has 1 heterocycles. The lowest BCUT2D eigenvalue weighted by Gasteiger charge is -2.09. The van der Waals surface area contributed by atoms with Gasteiger partial charge in [-0.3, -0.25) is 0 Å². The minimum absolute atomic E-state index is 0.619. The van der Waals surface area contributed by atoms with Gasteiger partial charge in [-0.05, 0) is 78.2 Å². The number of aromatic nitrogens is 3. The molecule has 2 fully saturated rings. The van der Waals surface area contributed by atoms with E-state index in [1.54, 1.807) is 11.8 Å². The molecule has 4 nitrogen and oxygen atoms in total. The molecular formula is C14H15IN4S. The van der Waals surface area contributed by atoms with Crippen LogP contribution in [0.1, 0.15) is 43.5 Å². The van der Waals surface area contributed by atoms with Crippen molar-refractivity contribution in [2.75, 3.05) is 5.73 Å². The van der Waals surface area contributed by atoms with Gasteiger partial charge in [-0.1, -0.05) is 0 Å². The first-order valence-electron chi connectivity index (χ1n) is 6.90. The highest BCUT2D eigenvalue weighted by Gasteiger charge is 2.36. The Morgan fingerprint density at radius 2 is 2.00 bits per heavy atom. The van der Waals surface area contributed by atoms with Gasteiger partial charge >= 0.3 is 0 Å². The molecule has 0 amide bonds. The lowest BCUT2D eigenvalue weighted by atomic mass is 10.3. The van der Waals surface area contributed by atoms with Crippen LogP contribution in [0.2, 0.25) is 0 Å². The summed E-state index contributed by atoms with van der Waals surface area (Å²) in [5.74, 6) is 1.84. The number of hydrogen-bond donors (Lipinski definition) is 1. The first kappa shape index (κ1) is 12.9. The number of hydrogen-bond acceptors (Lipinski definition) is 4. The van der Waals surface area contributed by atoms with Gasteiger partial charge in [0.1, 0.15) is 5.82 Å². The SMILES string of the molecule is Nc1cc(I)ccc1Sc1nnc(C2CC2)n1C1CC1. The summed E-state index contributed by atoms with van der Waals surface area (Å²) in [5, 5.41) is 9.85. The van der Waals surface area contributed by atoms with E-state index >= 15 is 0 Å². The molecule has 0 unspecified atom stereocenters. The van der Waals surface area contributed by atoms with Crippen molar-refractivity contribution in [3.63, 3.8) is 0 Å². The van der Waals surface area contributed by atoms with Gasteiger partial charge in [-0.15, -0.1) is 10.2 Å². The minimum atomic E-state index is 0.619. The number of nitrogens with two attached hydrogens (primary N) is 1. The molecule has 0 radical (unpaired) electrons. The van der Waals surface area contributed by atoms with E-state index in [2.05, 4.69) is 49.5 Å². The average Bonchev–Trinajstić information content (AvgIpc) is 3.31. The number of benzene rings is 1. The monoisotopic (exact) mass is 398 g/mol. The van der Waals surface area contributed by atoms with Crippen molar-refractivity contribution in [3.8, 4) is 0 Å². The van der Waals surface area contributed by atoms with Gasteiger partial charge in [0.25, 0.3) is 0 Å². The number of nitrogens with zero attached hydrogens (tertiary/aromatic N) is 3. The highest BCUT2D eigenvalue weighted by molar-refractivity contribution is 14.1. The van der Waals surface area contributed by atoms with Crippen molar-refractivity contribution in [1.82, 2.24) is 14.8 Å². The van der Waals surface area contributed by atoms with Crippen molar-refractivity contribution in [1.29, 1.82) is 0 Å². The molecule has 2 aliphatic rings. The molecule has 0 bridgehead atoms. The molecule has 2 aromatic rings. The van der Waals surface area contributed by atoms with Gasteiger partial charge in [0.2, 0.25) is 0 Å². The molecule has 0 saturated heterocycles. The van der Waals surface area contributed by atoms with E-state index in [9.17, 15) is 0 Å². The van der Waals surface area contributed by atoms with Gasteiger partial charge in [0, 0.05) is 26.1 Å². The largest absolute Gasteiger partial charge is 0.398 e. The fourth-order valence-electron chi connectivity index (χ4n) is 2.36. The molecule has 1 aromatic heterocycles. The molecule has 4 rings (SSSR count). The van der Waals surface area contributed by atoms with Crippen molar-refractivity contribution >= 4 is 40.0 Å². The standard InChI is InChI=1S/C14H15IN4S/c15-9-3-6-12(11(16)7-9)20-14-18-17-13(8-1-2-8)19(14)10-4-5-10/h3,6-8,10H,1-2,4-5,16H2. The van der Waals surface area contributed by atoms with Crippen LogP contribution >= 0.6 is 34.4 Å². The summed E-state index contributed by atoms with van der Waals surface area (Å²) in [5.41, 5.74) is 6.93. The summed E-state index contributed by atoms with van der Waals surface area (Å²) in [6, 6.07) is 6.78. The zero-order valence-electron chi connectivity index (χ0n) is 10.9. The summed E-state index contributed by atoms with van der Waals surface area (Å²) >= 11 is 3.92. The van der Waals surface area contributed by atoms with Crippen LogP contribution < -0.4 is 5.73 Å². The summed E-state index contributed by atoms with van der Waals surface area (Å²) in [6.45, 7) is 0. The summed E-state index contributed by atoms with van der Waals surface area (Å²) in [7, 11) is 0. The third-order valence-corrected chi connectivity index (χ3v) is 5.44. The molecule has 6 heteroatoms. The second-order valence-corrected chi connectivity index (χ2v) is 7.76. The van der Waals surface area contributed by atoms with Crippen molar-refractivity contribution in [2.45, 2.75) is 47.7 Å². The summed E-state index contributed by atoms with van der Waals surface area (Å²) in [4.78, 5) is 1.07. The van der Waals surface area contributed by atoms with E-state index in [4.69, 9.17) is 5.73 Å². The van der Waals surface area contributed by atoms with Gasteiger partial charge in [-0.25, -0.2) is 0 Å². The second-order valence-electron chi connectivity index (χ2n) is 5.50. The lowest BCUT2D eigenvalue weighted by molar-refractivity contribution is 0.627. The smallest absolute Gasteiger partial charge is 0.196 e. The van der Waals surface area contributed by atoms with Crippen LogP contribution in [-0.2, 0) is 0 Å². The molecule has 0 spiro atoms. The Balaban J connectivity index is 1.68. The van der Waals surface area contributed by atoms with Crippen LogP contribution in [0, 0.1) is 3.57 Å². The fourth-order valence-corrected chi connectivity index (χ4v) is 3.81. The van der Waals surface area contributed by atoms with Crippen LogP contribution in [0.4, 0.5) is 5.69 Å². The molecule has 20 heavy (non-hydrogen) atoms. The average molecular weight is 398 g/mol. The quantitative estimate of drug-likeness (QED) is 0.628. The van der Waals surface area contributed by atoms with E-state index in [1.165, 1.54) is 31.5 Å². The van der Waals surface area contributed by atoms with Crippen LogP contribution in [0.5, 0.6) is 0 Å². The van der Waals surface area contributed by atoms with E-state index in [0.29, 0.717) is 12.0 Å². The van der Waals surface area contributed by atoms with Crippen molar-refractivity contribution < 1.29 is 0 Å². The number of halogens is 1. The molecule has 2 N–H and O–H groups in total. The predicted octanol–water partition coefficient (Wildman–Crippen LogP) is 3.83. The van der Waals surface area contributed by atoms with E-state index in [1.807, 2.05) is 6.07 Å².